The molecule has 4 aromatic rings. The summed E-state index contributed by atoms with van der Waals surface area (Å²) in [4.78, 5) is 1.86. The van der Waals surface area contributed by atoms with Gasteiger partial charge in [-0.05, 0) is 92.8 Å². The average molecular weight is 456 g/mol. The van der Waals surface area contributed by atoms with Crippen molar-refractivity contribution in [3.8, 4) is 28.7 Å². The molecule has 4 rings (SSSR count). The number of hydrogen-bond donors (Lipinski definition) is 3. The second-order valence-corrected chi connectivity index (χ2v) is 8.61. The Morgan fingerprint density at radius 2 is 1.18 bits per heavy atom. The Hall–Kier alpha value is -4.12. The molecule has 0 spiro atoms. The predicted octanol–water partition coefficient (Wildman–Crippen LogP) is 7.61. The molecule has 0 bridgehead atoms. The van der Waals surface area contributed by atoms with Crippen LogP contribution in [0.2, 0.25) is 0 Å². The van der Waals surface area contributed by atoms with Crippen molar-refractivity contribution in [3.05, 3.63) is 94.5 Å². The zero-order valence-corrected chi connectivity index (χ0v) is 20.0. The van der Waals surface area contributed by atoms with Crippen molar-refractivity contribution in [2.45, 2.75) is 34.6 Å². The second-order valence-electron chi connectivity index (χ2n) is 8.61. The van der Waals surface area contributed by atoms with Crippen molar-refractivity contribution >= 4 is 17.1 Å². The number of nitrogens with zero attached hydrogens (tertiary/aromatic N) is 1. The number of para-hydroxylation sites is 1. The number of phenolic OH excluding ortho intramolecular Hbond substituents is 3. The average Bonchev–Trinajstić information content (AvgIpc) is 2.81. The first-order valence-corrected chi connectivity index (χ1v) is 11.1. The van der Waals surface area contributed by atoms with Gasteiger partial charge >= 0.3 is 0 Å². The maximum atomic E-state index is 10.9. The van der Waals surface area contributed by atoms with Gasteiger partial charge in [-0.1, -0.05) is 30.3 Å². The fourth-order valence-corrected chi connectivity index (χ4v) is 4.04. The number of phenols is 3. The van der Waals surface area contributed by atoms with E-state index in [0.29, 0.717) is 28.6 Å². The van der Waals surface area contributed by atoms with Gasteiger partial charge in [0.2, 0.25) is 0 Å². The molecule has 34 heavy (non-hydrogen) atoms. The van der Waals surface area contributed by atoms with Crippen molar-refractivity contribution in [3.63, 3.8) is 0 Å². The van der Waals surface area contributed by atoms with Crippen LogP contribution >= 0.6 is 0 Å². The zero-order valence-electron chi connectivity index (χ0n) is 20.0. The molecule has 0 fully saturated rings. The lowest BCUT2D eigenvalue weighted by molar-refractivity contribution is 0.408. The summed E-state index contributed by atoms with van der Waals surface area (Å²) in [5, 5.41) is 32.3. The number of ether oxygens (including phenoxy) is 1. The number of aromatic hydroxyl groups is 3. The molecule has 174 valence electrons. The van der Waals surface area contributed by atoms with Crippen LogP contribution in [-0.2, 0) is 0 Å². The van der Waals surface area contributed by atoms with E-state index in [9.17, 15) is 15.3 Å². The third-order valence-electron chi connectivity index (χ3n) is 6.31. The molecule has 4 aromatic carbocycles. The maximum absolute atomic E-state index is 10.9. The van der Waals surface area contributed by atoms with Crippen LogP contribution in [0.5, 0.6) is 28.7 Å². The van der Waals surface area contributed by atoms with Crippen LogP contribution in [0.3, 0.4) is 0 Å². The van der Waals surface area contributed by atoms with Crippen molar-refractivity contribution in [2.75, 3.05) is 4.90 Å². The van der Waals surface area contributed by atoms with E-state index in [4.69, 9.17) is 4.74 Å². The monoisotopic (exact) mass is 455 g/mol. The largest absolute Gasteiger partial charge is 0.506 e. The van der Waals surface area contributed by atoms with Gasteiger partial charge in [0.05, 0.1) is 17.1 Å². The van der Waals surface area contributed by atoms with Crippen molar-refractivity contribution < 1.29 is 20.1 Å². The lowest BCUT2D eigenvalue weighted by Gasteiger charge is -2.31. The Kier molecular flexibility index (Phi) is 6.12. The van der Waals surface area contributed by atoms with E-state index in [1.165, 1.54) is 0 Å². The van der Waals surface area contributed by atoms with Gasteiger partial charge in [0.25, 0.3) is 0 Å². The van der Waals surface area contributed by atoms with Gasteiger partial charge < -0.3 is 25.0 Å². The summed E-state index contributed by atoms with van der Waals surface area (Å²) < 4.78 is 6.02. The molecule has 0 amide bonds. The van der Waals surface area contributed by atoms with Gasteiger partial charge in [0.1, 0.15) is 17.2 Å². The first-order chi connectivity index (χ1) is 16.2. The van der Waals surface area contributed by atoms with Gasteiger partial charge in [0.15, 0.2) is 11.5 Å². The third kappa shape index (κ3) is 4.13. The summed E-state index contributed by atoms with van der Waals surface area (Å²) in [5.74, 6) is 1.16. The van der Waals surface area contributed by atoms with Crippen molar-refractivity contribution in [2.24, 2.45) is 0 Å². The minimum atomic E-state index is 0.0871. The Morgan fingerprint density at radius 3 is 1.76 bits per heavy atom. The molecule has 0 radical (unpaired) electrons. The normalized spacial score (nSPS) is 10.9. The summed E-state index contributed by atoms with van der Waals surface area (Å²) in [6.07, 6.45) is 0. The molecule has 0 aromatic heterocycles. The number of anilines is 3. The van der Waals surface area contributed by atoms with Crippen LogP contribution < -0.4 is 9.64 Å². The molecule has 0 saturated heterocycles. The van der Waals surface area contributed by atoms with Gasteiger partial charge in [0, 0.05) is 6.07 Å². The minimum absolute atomic E-state index is 0.0871. The minimum Gasteiger partial charge on any atom is -0.506 e. The maximum Gasteiger partial charge on any atom is 0.169 e. The van der Waals surface area contributed by atoms with E-state index in [1.807, 2.05) is 82.0 Å². The Bertz CT molecular complexity index is 1320. The summed E-state index contributed by atoms with van der Waals surface area (Å²) in [6.45, 7) is 9.68. The highest BCUT2D eigenvalue weighted by Crippen LogP contribution is 2.48. The number of aryl methyl sites for hydroxylation is 3. The van der Waals surface area contributed by atoms with Crippen LogP contribution in [0.15, 0.2) is 66.7 Å². The van der Waals surface area contributed by atoms with Gasteiger partial charge in [-0.3, -0.25) is 0 Å². The summed E-state index contributed by atoms with van der Waals surface area (Å²) in [5.41, 5.74) is 6.39. The fraction of sp³-hybridized carbons (Fsp3) is 0.172. The number of benzene rings is 4. The zero-order chi connectivity index (χ0) is 24.6. The van der Waals surface area contributed by atoms with E-state index in [0.717, 1.165) is 27.8 Å². The predicted molar refractivity (Wildman–Crippen MR) is 136 cm³/mol. The molecule has 5 heteroatoms. The summed E-state index contributed by atoms with van der Waals surface area (Å²) in [7, 11) is 0. The molecular weight excluding hydrogens is 426 g/mol. The van der Waals surface area contributed by atoms with Gasteiger partial charge in [-0.25, -0.2) is 0 Å². The summed E-state index contributed by atoms with van der Waals surface area (Å²) >= 11 is 0. The van der Waals surface area contributed by atoms with E-state index in [2.05, 4.69) is 0 Å². The Morgan fingerprint density at radius 1 is 0.618 bits per heavy atom. The van der Waals surface area contributed by atoms with E-state index in [-0.39, 0.29) is 17.2 Å². The molecule has 5 nitrogen and oxygen atoms in total. The van der Waals surface area contributed by atoms with Crippen LogP contribution in [0.25, 0.3) is 0 Å². The first kappa shape index (κ1) is 23.1. The fourth-order valence-electron chi connectivity index (χ4n) is 4.04. The number of rotatable bonds is 5. The van der Waals surface area contributed by atoms with E-state index < -0.39 is 0 Å². The molecule has 0 aliphatic heterocycles. The summed E-state index contributed by atoms with van der Waals surface area (Å²) in [6, 6.07) is 19.8. The first-order valence-electron chi connectivity index (χ1n) is 11.1. The van der Waals surface area contributed by atoms with Gasteiger partial charge in [-0.15, -0.1) is 0 Å². The molecule has 0 atom stereocenters. The van der Waals surface area contributed by atoms with Crippen LogP contribution in [0, 0.1) is 34.6 Å². The molecule has 0 unspecified atom stereocenters. The lowest BCUT2D eigenvalue weighted by Crippen LogP contribution is -2.14. The standard InChI is InChI=1S/C29H29NO4/c1-17-12-14-24(31)27(20(17)4)30(28-21(5)18(2)13-15-25(28)32)22-9-7-10-23(16-22)34-26-11-6-8-19(3)29(26)33/h6-16,31-33H,1-5H3. The van der Waals surface area contributed by atoms with Gasteiger partial charge in [-0.2, -0.15) is 0 Å². The second kappa shape index (κ2) is 9.02. The Labute approximate surface area is 200 Å². The number of hydrogen-bond acceptors (Lipinski definition) is 5. The molecule has 3 N–H and O–H groups in total. The van der Waals surface area contributed by atoms with Crippen molar-refractivity contribution in [1.29, 1.82) is 0 Å². The topological polar surface area (TPSA) is 73.2 Å². The molecule has 0 aliphatic rings. The molecule has 0 heterocycles. The highest BCUT2D eigenvalue weighted by atomic mass is 16.5. The van der Waals surface area contributed by atoms with E-state index >= 15 is 0 Å². The van der Waals surface area contributed by atoms with Crippen LogP contribution in [-0.4, -0.2) is 15.3 Å². The highest BCUT2D eigenvalue weighted by Gasteiger charge is 2.24. The smallest absolute Gasteiger partial charge is 0.169 e. The quantitative estimate of drug-likeness (QED) is 0.289. The third-order valence-corrected chi connectivity index (χ3v) is 6.31. The van der Waals surface area contributed by atoms with Crippen LogP contribution in [0.1, 0.15) is 27.8 Å². The van der Waals surface area contributed by atoms with E-state index in [1.54, 1.807) is 24.3 Å². The lowest BCUT2D eigenvalue weighted by atomic mass is 10.0. The molecule has 0 saturated carbocycles. The Balaban J connectivity index is 1.93. The van der Waals surface area contributed by atoms with Crippen LogP contribution in [0.4, 0.5) is 17.1 Å². The SMILES string of the molecule is Cc1ccc(O)c(N(c2cccc(Oc3cccc(C)c3O)c2)c2c(O)ccc(C)c2C)c1C. The van der Waals surface area contributed by atoms with Crippen molar-refractivity contribution in [1.82, 2.24) is 0 Å². The molecule has 0 aliphatic carbocycles. The highest BCUT2D eigenvalue weighted by molar-refractivity contribution is 5.87. The molecular formula is C29H29NO4.